The molecule has 0 fully saturated rings. The summed E-state index contributed by atoms with van der Waals surface area (Å²) in [5, 5.41) is 0.971. The summed E-state index contributed by atoms with van der Waals surface area (Å²) in [4.78, 5) is 1.78. The molecule has 0 unspecified atom stereocenters. The summed E-state index contributed by atoms with van der Waals surface area (Å²) in [6.45, 7) is 0.504. The molecule has 17 heavy (non-hydrogen) atoms. The number of thiocarbonyl (C=S) groups is 1. The van der Waals surface area contributed by atoms with Gasteiger partial charge in [-0.15, -0.1) is 0 Å². The molecule has 5 heteroatoms. The Morgan fingerprint density at radius 1 is 1.29 bits per heavy atom. The lowest BCUT2D eigenvalue weighted by Gasteiger charge is -2.21. The van der Waals surface area contributed by atoms with E-state index in [4.69, 9.17) is 34.0 Å². The van der Waals surface area contributed by atoms with Crippen LogP contribution in [0.4, 0.5) is 5.69 Å². The molecule has 2 aromatic rings. The van der Waals surface area contributed by atoms with E-state index in [9.17, 15) is 0 Å². The lowest BCUT2D eigenvalue weighted by molar-refractivity contribution is 0.512. The van der Waals surface area contributed by atoms with Crippen LogP contribution in [-0.2, 0) is 6.54 Å². The highest BCUT2D eigenvalue weighted by Gasteiger charge is 2.11. The number of anilines is 1. The number of nitrogens with two attached hydrogens (primary N) is 1. The van der Waals surface area contributed by atoms with Gasteiger partial charge in [0.15, 0.2) is 5.11 Å². The van der Waals surface area contributed by atoms with E-state index in [1.165, 1.54) is 0 Å². The Balaban J connectivity index is 2.23. The van der Waals surface area contributed by atoms with Crippen LogP contribution < -0.4 is 10.6 Å². The fraction of sp³-hybridized carbons (Fsp3) is 0.0833. The first-order valence-electron chi connectivity index (χ1n) is 5.02. The maximum atomic E-state index is 5.84. The topological polar surface area (TPSA) is 42.4 Å². The molecule has 0 aliphatic heterocycles. The zero-order valence-electron chi connectivity index (χ0n) is 8.97. The van der Waals surface area contributed by atoms with Gasteiger partial charge in [0, 0.05) is 10.7 Å². The number of rotatable bonds is 3. The predicted octanol–water partition coefficient (Wildman–Crippen LogP) is 3.18. The van der Waals surface area contributed by atoms with Gasteiger partial charge in [0.25, 0.3) is 0 Å². The predicted molar refractivity (Wildman–Crippen MR) is 73.1 cm³/mol. The van der Waals surface area contributed by atoms with Crippen LogP contribution in [0.5, 0.6) is 0 Å². The fourth-order valence-corrected chi connectivity index (χ4v) is 1.77. The van der Waals surface area contributed by atoms with E-state index in [2.05, 4.69) is 0 Å². The molecule has 3 nitrogen and oxygen atoms in total. The van der Waals surface area contributed by atoms with Gasteiger partial charge in [0.2, 0.25) is 0 Å². The van der Waals surface area contributed by atoms with Gasteiger partial charge in [-0.1, -0.05) is 11.6 Å². The Hall–Kier alpha value is -1.52. The van der Waals surface area contributed by atoms with Crippen molar-refractivity contribution < 1.29 is 4.42 Å². The highest BCUT2D eigenvalue weighted by molar-refractivity contribution is 7.80. The summed E-state index contributed by atoms with van der Waals surface area (Å²) in [5.74, 6) is 0.799. The third-order valence-corrected chi connectivity index (χ3v) is 2.77. The van der Waals surface area contributed by atoms with Gasteiger partial charge >= 0.3 is 0 Å². The number of benzene rings is 1. The van der Waals surface area contributed by atoms with Crippen molar-refractivity contribution in [1.29, 1.82) is 0 Å². The van der Waals surface area contributed by atoms with Crippen molar-refractivity contribution in [3.05, 3.63) is 53.4 Å². The molecular weight excluding hydrogens is 256 g/mol. The van der Waals surface area contributed by atoms with Crippen molar-refractivity contribution in [2.75, 3.05) is 4.90 Å². The highest BCUT2D eigenvalue weighted by Crippen LogP contribution is 2.20. The van der Waals surface area contributed by atoms with Gasteiger partial charge in [0.1, 0.15) is 5.76 Å². The first kappa shape index (κ1) is 12.0. The van der Waals surface area contributed by atoms with Crippen molar-refractivity contribution >= 4 is 34.6 Å². The molecule has 0 radical (unpaired) electrons. The molecule has 2 N–H and O–H groups in total. The normalized spacial score (nSPS) is 10.2. The minimum Gasteiger partial charge on any atom is -0.467 e. The number of hydrogen-bond acceptors (Lipinski definition) is 2. The third kappa shape index (κ3) is 2.99. The molecule has 0 spiro atoms. The minimum absolute atomic E-state index is 0.295. The second kappa shape index (κ2) is 5.21. The first-order chi connectivity index (χ1) is 8.16. The van der Waals surface area contributed by atoms with Gasteiger partial charge in [-0.3, -0.25) is 0 Å². The molecule has 88 valence electrons. The van der Waals surface area contributed by atoms with Crippen LogP contribution in [0.15, 0.2) is 47.1 Å². The van der Waals surface area contributed by atoms with Crippen molar-refractivity contribution in [2.45, 2.75) is 6.54 Å². The monoisotopic (exact) mass is 266 g/mol. The van der Waals surface area contributed by atoms with Crippen molar-refractivity contribution in [2.24, 2.45) is 5.73 Å². The molecule has 2 rings (SSSR count). The van der Waals surface area contributed by atoms with E-state index >= 15 is 0 Å². The van der Waals surface area contributed by atoms with E-state index in [1.807, 2.05) is 24.3 Å². The van der Waals surface area contributed by atoms with E-state index in [1.54, 1.807) is 23.3 Å². The summed E-state index contributed by atoms with van der Waals surface area (Å²) in [6, 6.07) is 11.0. The van der Waals surface area contributed by atoms with Crippen LogP contribution in [0.25, 0.3) is 0 Å². The average molecular weight is 267 g/mol. The standard InChI is InChI=1S/C12H11ClN2OS/c13-9-3-5-10(6-4-9)15(12(14)17)8-11-2-1-7-16-11/h1-7H,8H2,(H2,14,17). The molecule has 1 heterocycles. The summed E-state index contributed by atoms with van der Waals surface area (Å²) in [6.07, 6.45) is 1.62. The number of nitrogens with zero attached hydrogens (tertiary/aromatic N) is 1. The Bertz CT molecular complexity index is 496. The van der Waals surface area contributed by atoms with Crippen molar-refractivity contribution in [3.63, 3.8) is 0 Å². The number of halogens is 1. The molecule has 0 saturated carbocycles. The van der Waals surface area contributed by atoms with Gasteiger partial charge in [-0.25, -0.2) is 0 Å². The Morgan fingerprint density at radius 3 is 2.53 bits per heavy atom. The zero-order chi connectivity index (χ0) is 12.3. The van der Waals surface area contributed by atoms with E-state index < -0.39 is 0 Å². The van der Waals surface area contributed by atoms with Gasteiger partial charge < -0.3 is 15.1 Å². The van der Waals surface area contributed by atoms with Gasteiger partial charge in [-0.2, -0.15) is 0 Å². The van der Waals surface area contributed by atoms with E-state index in [0.29, 0.717) is 16.7 Å². The van der Waals surface area contributed by atoms with Gasteiger partial charge in [0.05, 0.1) is 12.8 Å². The van der Waals surface area contributed by atoms with Crippen molar-refractivity contribution in [3.8, 4) is 0 Å². The molecule has 1 aromatic carbocycles. The van der Waals surface area contributed by atoms with Crippen LogP contribution in [0.2, 0.25) is 5.02 Å². The molecule has 0 aliphatic carbocycles. The Morgan fingerprint density at radius 2 is 2.00 bits per heavy atom. The maximum absolute atomic E-state index is 5.84. The van der Waals surface area contributed by atoms with Gasteiger partial charge in [-0.05, 0) is 48.6 Å². The average Bonchev–Trinajstić information content (AvgIpc) is 2.80. The molecule has 0 saturated heterocycles. The molecule has 0 amide bonds. The molecular formula is C12H11ClN2OS. The van der Waals surface area contributed by atoms with Crippen LogP contribution in [0.3, 0.4) is 0 Å². The Labute approximate surface area is 110 Å². The lowest BCUT2D eigenvalue weighted by Crippen LogP contribution is -2.34. The third-order valence-electron chi connectivity index (χ3n) is 2.30. The SMILES string of the molecule is NC(=S)N(Cc1ccco1)c1ccc(Cl)cc1. The molecule has 0 bridgehead atoms. The lowest BCUT2D eigenvalue weighted by atomic mass is 10.3. The summed E-state index contributed by atoms with van der Waals surface area (Å²) in [5.41, 5.74) is 6.59. The quantitative estimate of drug-likeness (QED) is 0.867. The number of furan rings is 1. The van der Waals surface area contributed by atoms with E-state index in [-0.39, 0.29) is 0 Å². The second-order valence-electron chi connectivity index (χ2n) is 3.48. The highest BCUT2D eigenvalue weighted by atomic mass is 35.5. The van der Waals surface area contributed by atoms with Crippen LogP contribution >= 0.6 is 23.8 Å². The van der Waals surface area contributed by atoms with Crippen LogP contribution in [0, 0.1) is 0 Å². The Kier molecular flexibility index (Phi) is 3.66. The van der Waals surface area contributed by atoms with Crippen LogP contribution in [-0.4, -0.2) is 5.11 Å². The molecule has 1 aromatic heterocycles. The molecule has 0 atom stereocenters. The molecule has 0 aliphatic rings. The minimum atomic E-state index is 0.295. The maximum Gasteiger partial charge on any atom is 0.171 e. The first-order valence-corrected chi connectivity index (χ1v) is 5.80. The summed E-state index contributed by atoms with van der Waals surface area (Å²) < 4.78 is 5.28. The summed E-state index contributed by atoms with van der Waals surface area (Å²) in [7, 11) is 0. The van der Waals surface area contributed by atoms with Crippen LogP contribution in [0.1, 0.15) is 5.76 Å². The van der Waals surface area contributed by atoms with E-state index in [0.717, 1.165) is 11.4 Å². The number of hydrogen-bond donors (Lipinski definition) is 1. The second-order valence-corrected chi connectivity index (χ2v) is 4.33. The largest absolute Gasteiger partial charge is 0.467 e. The summed E-state index contributed by atoms with van der Waals surface area (Å²) >= 11 is 10.9. The smallest absolute Gasteiger partial charge is 0.171 e. The zero-order valence-corrected chi connectivity index (χ0v) is 10.5. The van der Waals surface area contributed by atoms with Crippen molar-refractivity contribution in [1.82, 2.24) is 0 Å². The fourth-order valence-electron chi connectivity index (χ4n) is 1.48.